The van der Waals surface area contributed by atoms with Gasteiger partial charge < -0.3 is 5.32 Å². The molecule has 0 saturated heterocycles. The number of hydrogen-bond donors (Lipinski definition) is 2. The lowest BCUT2D eigenvalue weighted by molar-refractivity contribution is -0.136. The fourth-order valence-electron chi connectivity index (χ4n) is 2.40. The summed E-state index contributed by atoms with van der Waals surface area (Å²) in [5.74, 6) is -1.59. The van der Waals surface area contributed by atoms with Crippen molar-refractivity contribution in [2.75, 3.05) is 5.32 Å². The van der Waals surface area contributed by atoms with E-state index in [0.717, 1.165) is 21.9 Å². The molecule has 5 nitrogen and oxygen atoms in total. The molecule has 0 aliphatic carbocycles. The Labute approximate surface area is 145 Å². The molecule has 0 saturated carbocycles. The van der Waals surface area contributed by atoms with Crippen molar-refractivity contribution in [1.29, 1.82) is 0 Å². The Bertz CT molecular complexity index is 941. The highest BCUT2D eigenvalue weighted by molar-refractivity contribution is 6.39. The lowest BCUT2D eigenvalue weighted by Gasteiger charge is -2.04. The van der Waals surface area contributed by atoms with Crippen molar-refractivity contribution in [3.63, 3.8) is 0 Å². The average Bonchev–Trinajstić information content (AvgIpc) is 2.63. The molecule has 0 fully saturated rings. The van der Waals surface area contributed by atoms with Crippen LogP contribution in [0.3, 0.4) is 0 Å². The van der Waals surface area contributed by atoms with Crippen LogP contribution in [0.1, 0.15) is 11.1 Å². The molecule has 3 rings (SSSR count). The van der Waals surface area contributed by atoms with E-state index in [9.17, 15) is 9.59 Å². The molecule has 0 aromatic heterocycles. The van der Waals surface area contributed by atoms with Gasteiger partial charge in [0, 0.05) is 11.3 Å². The molecule has 2 amide bonds. The Morgan fingerprint density at radius 3 is 2.40 bits per heavy atom. The number of hydrogen-bond acceptors (Lipinski definition) is 3. The van der Waals surface area contributed by atoms with E-state index in [1.807, 2.05) is 61.5 Å². The summed E-state index contributed by atoms with van der Waals surface area (Å²) in [6, 6.07) is 20.9. The van der Waals surface area contributed by atoms with Gasteiger partial charge in [-0.15, -0.1) is 0 Å². The number of nitrogens with one attached hydrogen (secondary N) is 2. The van der Waals surface area contributed by atoms with Gasteiger partial charge in [-0.2, -0.15) is 5.10 Å². The summed E-state index contributed by atoms with van der Waals surface area (Å²) in [6.07, 6.45) is 1.53. The Morgan fingerprint density at radius 2 is 1.60 bits per heavy atom. The van der Waals surface area contributed by atoms with Gasteiger partial charge in [0.2, 0.25) is 0 Å². The maximum Gasteiger partial charge on any atom is 0.329 e. The van der Waals surface area contributed by atoms with Crippen molar-refractivity contribution in [2.24, 2.45) is 5.10 Å². The second kappa shape index (κ2) is 7.40. The smallest absolute Gasteiger partial charge is 0.318 e. The van der Waals surface area contributed by atoms with Crippen molar-refractivity contribution < 1.29 is 9.59 Å². The van der Waals surface area contributed by atoms with Crippen molar-refractivity contribution in [3.05, 3.63) is 77.9 Å². The minimum atomic E-state index is -0.822. The standard InChI is InChI=1S/C20H17N3O2/c1-14-9-11-17(12-10-14)22-19(24)20(25)23-21-13-16-7-4-6-15-5-2-3-8-18(15)16/h2-13H,1H3,(H,22,24)(H,23,25). The summed E-state index contributed by atoms with van der Waals surface area (Å²) < 4.78 is 0. The first kappa shape index (κ1) is 16.4. The summed E-state index contributed by atoms with van der Waals surface area (Å²) >= 11 is 0. The SMILES string of the molecule is Cc1ccc(NC(=O)C(=O)NN=Cc2cccc3ccccc23)cc1. The van der Waals surface area contributed by atoms with Crippen molar-refractivity contribution in [2.45, 2.75) is 6.92 Å². The number of aryl methyl sites for hydroxylation is 1. The van der Waals surface area contributed by atoms with Gasteiger partial charge in [-0.25, -0.2) is 5.43 Å². The van der Waals surface area contributed by atoms with Crippen LogP contribution in [-0.4, -0.2) is 18.0 Å². The van der Waals surface area contributed by atoms with Crippen LogP contribution in [-0.2, 0) is 9.59 Å². The van der Waals surface area contributed by atoms with Crippen LogP contribution in [0, 0.1) is 6.92 Å². The van der Waals surface area contributed by atoms with Gasteiger partial charge in [0.1, 0.15) is 0 Å². The van der Waals surface area contributed by atoms with Gasteiger partial charge >= 0.3 is 11.8 Å². The number of carbonyl (C=O) groups is 2. The van der Waals surface area contributed by atoms with Gasteiger partial charge in [0.05, 0.1) is 6.21 Å². The zero-order valence-corrected chi connectivity index (χ0v) is 13.7. The van der Waals surface area contributed by atoms with E-state index in [0.29, 0.717) is 5.69 Å². The van der Waals surface area contributed by atoms with E-state index in [1.54, 1.807) is 12.1 Å². The normalized spacial score (nSPS) is 10.8. The first-order valence-corrected chi connectivity index (χ1v) is 7.82. The van der Waals surface area contributed by atoms with E-state index in [2.05, 4.69) is 15.8 Å². The maximum absolute atomic E-state index is 11.9. The Kier molecular flexibility index (Phi) is 4.85. The van der Waals surface area contributed by atoms with E-state index in [4.69, 9.17) is 0 Å². The monoisotopic (exact) mass is 331 g/mol. The molecule has 0 aliphatic rings. The summed E-state index contributed by atoms with van der Waals surface area (Å²) in [6.45, 7) is 1.94. The van der Waals surface area contributed by atoms with E-state index >= 15 is 0 Å². The Morgan fingerprint density at radius 1 is 0.880 bits per heavy atom. The number of amides is 2. The molecule has 5 heteroatoms. The molecule has 25 heavy (non-hydrogen) atoms. The number of nitrogens with zero attached hydrogens (tertiary/aromatic N) is 1. The van der Waals surface area contributed by atoms with Crippen molar-refractivity contribution in [1.82, 2.24) is 5.43 Å². The first-order chi connectivity index (χ1) is 12.1. The molecule has 0 unspecified atom stereocenters. The van der Waals surface area contributed by atoms with Crippen LogP contribution < -0.4 is 10.7 Å². The van der Waals surface area contributed by atoms with Gasteiger partial charge in [0.25, 0.3) is 0 Å². The Hall–Kier alpha value is -3.47. The van der Waals surface area contributed by atoms with Gasteiger partial charge in [-0.3, -0.25) is 9.59 Å². The molecular weight excluding hydrogens is 314 g/mol. The minimum absolute atomic E-state index is 0.559. The lowest BCUT2D eigenvalue weighted by Crippen LogP contribution is -2.32. The highest BCUT2D eigenvalue weighted by Crippen LogP contribution is 2.16. The quantitative estimate of drug-likeness (QED) is 0.439. The van der Waals surface area contributed by atoms with Crippen LogP contribution >= 0.6 is 0 Å². The highest BCUT2D eigenvalue weighted by Gasteiger charge is 2.12. The highest BCUT2D eigenvalue weighted by atomic mass is 16.2. The molecule has 3 aromatic rings. The molecule has 0 spiro atoms. The second-order valence-electron chi connectivity index (χ2n) is 5.59. The minimum Gasteiger partial charge on any atom is -0.318 e. The number of benzene rings is 3. The fourth-order valence-corrected chi connectivity index (χ4v) is 2.40. The maximum atomic E-state index is 11.9. The summed E-state index contributed by atoms with van der Waals surface area (Å²) in [5.41, 5.74) is 4.73. The van der Waals surface area contributed by atoms with Crippen LogP contribution in [0.25, 0.3) is 10.8 Å². The van der Waals surface area contributed by atoms with Crippen molar-refractivity contribution >= 4 is 34.5 Å². The third-order valence-electron chi connectivity index (χ3n) is 3.71. The second-order valence-corrected chi connectivity index (χ2v) is 5.59. The van der Waals surface area contributed by atoms with E-state index in [-0.39, 0.29) is 0 Å². The number of anilines is 1. The summed E-state index contributed by atoms with van der Waals surface area (Å²) in [5, 5.41) is 8.50. The molecule has 0 bridgehead atoms. The largest absolute Gasteiger partial charge is 0.329 e. The molecule has 0 atom stereocenters. The van der Waals surface area contributed by atoms with E-state index < -0.39 is 11.8 Å². The third-order valence-corrected chi connectivity index (χ3v) is 3.71. The lowest BCUT2D eigenvalue weighted by atomic mass is 10.1. The third kappa shape index (κ3) is 4.09. The van der Waals surface area contributed by atoms with Crippen molar-refractivity contribution in [3.8, 4) is 0 Å². The molecule has 2 N–H and O–H groups in total. The molecule has 0 heterocycles. The number of carbonyl (C=O) groups excluding carboxylic acids is 2. The topological polar surface area (TPSA) is 70.6 Å². The number of rotatable bonds is 3. The Balaban J connectivity index is 1.64. The van der Waals surface area contributed by atoms with Crippen LogP contribution in [0.4, 0.5) is 5.69 Å². The first-order valence-electron chi connectivity index (χ1n) is 7.82. The van der Waals surface area contributed by atoms with Gasteiger partial charge in [0.15, 0.2) is 0 Å². The number of fused-ring (bicyclic) bond motifs is 1. The fraction of sp³-hybridized carbons (Fsp3) is 0.0500. The van der Waals surface area contributed by atoms with Crippen LogP contribution in [0.15, 0.2) is 71.8 Å². The summed E-state index contributed by atoms with van der Waals surface area (Å²) in [4.78, 5) is 23.7. The van der Waals surface area contributed by atoms with Gasteiger partial charge in [-0.1, -0.05) is 60.2 Å². The summed E-state index contributed by atoms with van der Waals surface area (Å²) in [7, 11) is 0. The van der Waals surface area contributed by atoms with Crippen LogP contribution in [0.2, 0.25) is 0 Å². The predicted octanol–water partition coefficient (Wildman–Crippen LogP) is 3.24. The molecule has 124 valence electrons. The van der Waals surface area contributed by atoms with E-state index in [1.165, 1.54) is 6.21 Å². The van der Waals surface area contributed by atoms with Crippen LogP contribution in [0.5, 0.6) is 0 Å². The predicted molar refractivity (Wildman–Crippen MR) is 99.5 cm³/mol. The number of hydrazone groups is 1. The zero-order chi connectivity index (χ0) is 17.6. The average molecular weight is 331 g/mol. The zero-order valence-electron chi connectivity index (χ0n) is 13.7. The molecule has 3 aromatic carbocycles. The molecular formula is C20H17N3O2. The molecule has 0 aliphatic heterocycles. The molecule has 0 radical (unpaired) electrons. The van der Waals surface area contributed by atoms with Gasteiger partial charge in [-0.05, 0) is 29.8 Å².